The summed E-state index contributed by atoms with van der Waals surface area (Å²) in [5, 5.41) is 5.85. The van der Waals surface area contributed by atoms with Crippen molar-refractivity contribution in [1.82, 2.24) is 10.6 Å². The highest BCUT2D eigenvalue weighted by Crippen LogP contribution is 2.19. The standard InChI is InChI=1S/C11H12BrFN2O.ClH/c12-8-2-1-3-9(13)10(8)11(16)15-6-7-4-14-5-7;/h1-3,7,14H,4-6H2,(H,15,16);1H. The van der Waals surface area contributed by atoms with Gasteiger partial charge in [-0.15, -0.1) is 12.4 Å². The molecule has 6 heteroatoms. The molecule has 94 valence electrons. The minimum absolute atomic E-state index is 0. The summed E-state index contributed by atoms with van der Waals surface area (Å²) in [4.78, 5) is 11.7. The number of nitrogens with one attached hydrogen (secondary N) is 2. The number of hydrogen-bond donors (Lipinski definition) is 2. The quantitative estimate of drug-likeness (QED) is 0.893. The maximum Gasteiger partial charge on any atom is 0.255 e. The minimum atomic E-state index is -0.501. The van der Waals surface area contributed by atoms with Crippen LogP contribution < -0.4 is 10.6 Å². The molecule has 0 bridgehead atoms. The van der Waals surface area contributed by atoms with Gasteiger partial charge in [-0.05, 0) is 28.1 Å². The number of carbonyl (C=O) groups excluding carboxylic acids is 1. The van der Waals surface area contributed by atoms with Gasteiger partial charge in [-0.2, -0.15) is 0 Å². The molecular weight excluding hydrogens is 310 g/mol. The fraction of sp³-hybridized carbons (Fsp3) is 0.364. The minimum Gasteiger partial charge on any atom is -0.352 e. The Hall–Kier alpha value is -0.650. The van der Waals surface area contributed by atoms with Crippen LogP contribution in [0.5, 0.6) is 0 Å². The van der Waals surface area contributed by atoms with Gasteiger partial charge in [0.15, 0.2) is 0 Å². The van der Waals surface area contributed by atoms with Crippen LogP contribution in [0.2, 0.25) is 0 Å². The van der Waals surface area contributed by atoms with Crippen molar-refractivity contribution in [3.63, 3.8) is 0 Å². The largest absolute Gasteiger partial charge is 0.352 e. The molecule has 17 heavy (non-hydrogen) atoms. The first-order valence-electron chi connectivity index (χ1n) is 5.11. The van der Waals surface area contributed by atoms with E-state index >= 15 is 0 Å². The van der Waals surface area contributed by atoms with Gasteiger partial charge < -0.3 is 10.6 Å². The highest BCUT2D eigenvalue weighted by molar-refractivity contribution is 9.10. The molecule has 0 atom stereocenters. The first-order chi connectivity index (χ1) is 7.68. The second-order valence-electron chi connectivity index (χ2n) is 3.83. The SMILES string of the molecule is Cl.O=C(NCC1CNC1)c1c(F)cccc1Br. The summed E-state index contributed by atoms with van der Waals surface area (Å²) in [5.41, 5.74) is 0.0785. The highest BCUT2D eigenvalue weighted by Gasteiger charge is 2.20. The van der Waals surface area contributed by atoms with Gasteiger partial charge in [0.25, 0.3) is 5.91 Å². The third kappa shape index (κ3) is 3.40. The van der Waals surface area contributed by atoms with Crippen LogP contribution in [0.4, 0.5) is 4.39 Å². The molecule has 1 amide bonds. The van der Waals surface area contributed by atoms with Gasteiger partial charge in [0, 0.05) is 30.0 Å². The summed E-state index contributed by atoms with van der Waals surface area (Å²) in [6.45, 7) is 2.42. The molecule has 1 saturated heterocycles. The van der Waals surface area contributed by atoms with Gasteiger partial charge in [-0.25, -0.2) is 4.39 Å². The van der Waals surface area contributed by atoms with E-state index in [0.717, 1.165) is 13.1 Å². The van der Waals surface area contributed by atoms with E-state index in [2.05, 4.69) is 26.6 Å². The molecule has 2 N–H and O–H groups in total. The van der Waals surface area contributed by atoms with E-state index in [0.29, 0.717) is 16.9 Å². The average molecular weight is 324 g/mol. The monoisotopic (exact) mass is 322 g/mol. The van der Waals surface area contributed by atoms with Gasteiger partial charge in [-0.1, -0.05) is 6.07 Å². The smallest absolute Gasteiger partial charge is 0.255 e. The van der Waals surface area contributed by atoms with Crippen molar-refractivity contribution in [1.29, 1.82) is 0 Å². The fourth-order valence-electron chi connectivity index (χ4n) is 1.53. The first kappa shape index (κ1) is 14.4. The molecule has 1 heterocycles. The molecule has 2 rings (SSSR count). The van der Waals surface area contributed by atoms with Crippen LogP contribution in [0.3, 0.4) is 0 Å². The van der Waals surface area contributed by atoms with E-state index in [1.54, 1.807) is 12.1 Å². The summed E-state index contributed by atoms with van der Waals surface area (Å²) < 4.78 is 13.9. The molecule has 0 radical (unpaired) electrons. The Bertz CT molecular complexity index is 392. The first-order valence-corrected chi connectivity index (χ1v) is 5.90. The summed E-state index contributed by atoms with van der Waals surface area (Å²) in [6.07, 6.45) is 0. The van der Waals surface area contributed by atoms with Gasteiger partial charge in [-0.3, -0.25) is 4.79 Å². The molecular formula is C11H13BrClFN2O. The zero-order chi connectivity index (χ0) is 11.5. The van der Waals surface area contributed by atoms with Crippen molar-refractivity contribution in [2.75, 3.05) is 19.6 Å². The van der Waals surface area contributed by atoms with Crippen LogP contribution in [0, 0.1) is 11.7 Å². The van der Waals surface area contributed by atoms with Gasteiger partial charge in [0.2, 0.25) is 0 Å². The highest BCUT2D eigenvalue weighted by atomic mass is 79.9. The van der Waals surface area contributed by atoms with Crippen LogP contribution in [0.25, 0.3) is 0 Å². The van der Waals surface area contributed by atoms with Crippen LogP contribution in [-0.4, -0.2) is 25.5 Å². The molecule has 0 aliphatic carbocycles. The van der Waals surface area contributed by atoms with Crippen molar-refractivity contribution < 1.29 is 9.18 Å². The second-order valence-corrected chi connectivity index (χ2v) is 4.69. The maximum absolute atomic E-state index is 13.4. The topological polar surface area (TPSA) is 41.1 Å². The van der Waals surface area contributed by atoms with Crippen molar-refractivity contribution in [2.45, 2.75) is 0 Å². The Labute approximate surface area is 114 Å². The normalized spacial score (nSPS) is 14.7. The molecule has 0 unspecified atom stereocenters. The summed E-state index contributed by atoms with van der Waals surface area (Å²) in [6, 6.07) is 4.50. The third-order valence-corrected chi connectivity index (χ3v) is 3.27. The van der Waals surface area contributed by atoms with Crippen LogP contribution in [0.15, 0.2) is 22.7 Å². The van der Waals surface area contributed by atoms with Crippen LogP contribution in [-0.2, 0) is 0 Å². The Morgan fingerprint density at radius 1 is 1.53 bits per heavy atom. The molecule has 1 aliphatic heterocycles. The molecule has 0 spiro atoms. The maximum atomic E-state index is 13.4. The van der Waals surface area contributed by atoms with E-state index in [-0.39, 0.29) is 23.9 Å². The average Bonchev–Trinajstić information content (AvgIpc) is 2.15. The van der Waals surface area contributed by atoms with Crippen LogP contribution >= 0.6 is 28.3 Å². The Morgan fingerprint density at radius 2 is 2.24 bits per heavy atom. The number of carbonyl (C=O) groups is 1. The van der Waals surface area contributed by atoms with E-state index < -0.39 is 5.82 Å². The molecule has 1 aliphatic rings. The lowest BCUT2D eigenvalue weighted by Crippen LogP contribution is -2.48. The van der Waals surface area contributed by atoms with E-state index in [1.165, 1.54) is 6.07 Å². The lowest BCUT2D eigenvalue weighted by molar-refractivity contribution is 0.0937. The number of rotatable bonds is 3. The second kappa shape index (κ2) is 6.33. The number of benzene rings is 1. The Kier molecular flexibility index (Phi) is 5.36. The van der Waals surface area contributed by atoms with Crippen molar-refractivity contribution in [2.24, 2.45) is 5.92 Å². The van der Waals surface area contributed by atoms with Gasteiger partial charge in [0.05, 0.1) is 5.56 Å². The van der Waals surface area contributed by atoms with Gasteiger partial charge in [0.1, 0.15) is 5.82 Å². The van der Waals surface area contributed by atoms with Crippen molar-refractivity contribution in [3.8, 4) is 0 Å². The summed E-state index contributed by atoms with van der Waals surface area (Å²) in [7, 11) is 0. The number of hydrogen-bond acceptors (Lipinski definition) is 2. The molecule has 1 aromatic rings. The molecule has 1 fully saturated rings. The van der Waals surface area contributed by atoms with Gasteiger partial charge >= 0.3 is 0 Å². The Balaban J connectivity index is 0.00000144. The summed E-state index contributed by atoms with van der Waals surface area (Å²) in [5.74, 6) is -0.398. The lowest BCUT2D eigenvalue weighted by Gasteiger charge is -2.27. The predicted octanol–water partition coefficient (Wildman–Crippen LogP) is 1.96. The third-order valence-electron chi connectivity index (χ3n) is 2.61. The molecule has 1 aromatic carbocycles. The number of amides is 1. The Morgan fingerprint density at radius 3 is 2.76 bits per heavy atom. The summed E-state index contributed by atoms with van der Waals surface area (Å²) >= 11 is 3.17. The van der Waals surface area contributed by atoms with E-state index in [1.807, 2.05) is 0 Å². The van der Waals surface area contributed by atoms with Crippen molar-refractivity contribution >= 4 is 34.2 Å². The fourth-order valence-corrected chi connectivity index (χ4v) is 2.06. The van der Waals surface area contributed by atoms with Crippen LogP contribution in [0.1, 0.15) is 10.4 Å². The number of halogens is 3. The molecule has 0 saturated carbocycles. The van der Waals surface area contributed by atoms with Crippen molar-refractivity contribution in [3.05, 3.63) is 34.1 Å². The zero-order valence-corrected chi connectivity index (χ0v) is 11.4. The molecule has 3 nitrogen and oxygen atoms in total. The lowest BCUT2D eigenvalue weighted by atomic mass is 10.0. The van der Waals surface area contributed by atoms with E-state index in [9.17, 15) is 9.18 Å². The van der Waals surface area contributed by atoms with E-state index in [4.69, 9.17) is 0 Å². The zero-order valence-electron chi connectivity index (χ0n) is 9.00. The molecule has 0 aromatic heterocycles. The predicted molar refractivity (Wildman–Crippen MR) is 70.0 cm³/mol.